The highest BCUT2D eigenvalue weighted by atomic mass is 35.5. The van der Waals surface area contributed by atoms with E-state index in [2.05, 4.69) is 27.5 Å². The van der Waals surface area contributed by atoms with Crippen LogP contribution < -0.4 is 25.7 Å². The molecule has 15 nitrogen and oxygen atoms in total. The Morgan fingerprint density at radius 1 is 1.07 bits per heavy atom. The number of hydrogen-bond acceptors (Lipinski definition) is 10. The zero-order chi connectivity index (χ0) is 42.2. The normalized spacial score (nSPS) is 32.1. The first-order valence-electron chi connectivity index (χ1n) is 20.2. The minimum atomic E-state index is -4.17. The van der Waals surface area contributed by atoms with E-state index in [4.69, 9.17) is 21.1 Å². The summed E-state index contributed by atoms with van der Waals surface area (Å²) < 4.78 is 69.6. The SMILES string of the molecule is CC(C)(C)[C@@H]1NC(=O)O[C@@H]2C[C@@H]3C#C[C@@H]3[C@H]2CCCCCn2c(nc3cc(Cl)ccc3c2=O)O[C@@H]2C[C@@H](C(=O)N[C@]3(C(=O)NS(=O)(=O)C4CC4)C[C@H]3C(F)F)N(C2)C1=O. The molecular weight excluding hydrogens is 814 g/mol. The second-order valence-electron chi connectivity index (χ2n) is 17.8. The number of rotatable bonds is 6. The van der Waals surface area contributed by atoms with Crippen LogP contribution in [0.15, 0.2) is 23.0 Å². The Hall–Kier alpha value is -4.50. The maximum absolute atomic E-state index is 14.8. The molecule has 3 N–H and O–H groups in total. The fourth-order valence-electron chi connectivity index (χ4n) is 9.02. The molecule has 1 aromatic heterocycles. The quantitative estimate of drug-likeness (QED) is 0.362. The third kappa shape index (κ3) is 7.96. The molecule has 318 valence electrons. The van der Waals surface area contributed by atoms with Crippen molar-refractivity contribution in [3.05, 3.63) is 33.6 Å². The largest absolute Gasteiger partial charge is 0.459 e. The van der Waals surface area contributed by atoms with Gasteiger partial charge in [0.15, 0.2) is 0 Å². The van der Waals surface area contributed by atoms with Crippen molar-refractivity contribution in [2.45, 2.75) is 127 Å². The van der Waals surface area contributed by atoms with Gasteiger partial charge in [-0.05, 0) is 62.1 Å². The highest BCUT2D eigenvalue weighted by Crippen LogP contribution is 2.49. The number of ether oxygens (including phenoxy) is 2. The van der Waals surface area contributed by atoms with Crippen LogP contribution in [0, 0.1) is 40.9 Å². The summed E-state index contributed by atoms with van der Waals surface area (Å²) in [5, 5.41) is 4.95. The molecule has 0 unspecified atom stereocenters. The summed E-state index contributed by atoms with van der Waals surface area (Å²) in [4.78, 5) is 76.0. The Balaban J connectivity index is 1.15. The highest BCUT2D eigenvalue weighted by Gasteiger charge is 2.67. The number of nitrogens with zero attached hydrogens (tertiary/aromatic N) is 3. The summed E-state index contributed by atoms with van der Waals surface area (Å²) in [5.74, 6) is 1.83. The van der Waals surface area contributed by atoms with Gasteiger partial charge >= 0.3 is 6.09 Å². The second-order valence-corrected chi connectivity index (χ2v) is 20.2. The molecular formula is C40H47ClF2N6O9S. The van der Waals surface area contributed by atoms with Crippen molar-refractivity contribution in [1.82, 2.24) is 29.8 Å². The molecule has 0 spiro atoms. The number of alkyl halides is 2. The van der Waals surface area contributed by atoms with Gasteiger partial charge in [0, 0.05) is 35.7 Å². The first kappa shape index (κ1) is 41.2. The number of carbonyl (C=O) groups is 4. The van der Waals surface area contributed by atoms with E-state index in [1.165, 1.54) is 10.6 Å². The summed E-state index contributed by atoms with van der Waals surface area (Å²) in [6.45, 7) is 5.09. The van der Waals surface area contributed by atoms with Gasteiger partial charge in [-0.3, -0.25) is 28.5 Å². The second kappa shape index (κ2) is 15.2. The van der Waals surface area contributed by atoms with E-state index in [-0.39, 0.29) is 54.4 Å². The van der Waals surface area contributed by atoms with E-state index < -0.39 is 93.1 Å². The van der Waals surface area contributed by atoms with Gasteiger partial charge < -0.3 is 25.0 Å². The van der Waals surface area contributed by atoms with Gasteiger partial charge in [0.25, 0.3) is 17.5 Å². The van der Waals surface area contributed by atoms with Gasteiger partial charge in [-0.25, -0.2) is 22.0 Å². The van der Waals surface area contributed by atoms with Crippen LogP contribution in [0.1, 0.15) is 78.6 Å². The predicted octanol–water partition coefficient (Wildman–Crippen LogP) is 3.50. The number of benzene rings is 1. The predicted molar refractivity (Wildman–Crippen MR) is 209 cm³/mol. The van der Waals surface area contributed by atoms with Crippen molar-refractivity contribution in [1.29, 1.82) is 0 Å². The summed E-state index contributed by atoms with van der Waals surface area (Å²) in [5.41, 5.74) is -3.34. The van der Waals surface area contributed by atoms with E-state index in [1.54, 1.807) is 32.9 Å². The molecule has 4 aliphatic carbocycles. The van der Waals surface area contributed by atoms with E-state index in [0.717, 1.165) is 24.2 Å². The number of hydrogen-bond donors (Lipinski definition) is 3. The lowest BCUT2D eigenvalue weighted by Gasteiger charge is -2.35. The third-order valence-electron chi connectivity index (χ3n) is 12.6. The molecule has 1 saturated heterocycles. The lowest BCUT2D eigenvalue weighted by atomic mass is 9.81. The van der Waals surface area contributed by atoms with Gasteiger partial charge in [0.2, 0.25) is 28.3 Å². The molecule has 59 heavy (non-hydrogen) atoms. The first-order chi connectivity index (χ1) is 27.9. The molecule has 19 heteroatoms. The van der Waals surface area contributed by atoms with Crippen molar-refractivity contribution in [2.24, 2.45) is 29.1 Å². The third-order valence-corrected chi connectivity index (χ3v) is 14.7. The molecule has 2 aliphatic heterocycles. The average molecular weight is 861 g/mol. The molecule has 3 saturated carbocycles. The molecule has 2 aromatic rings. The van der Waals surface area contributed by atoms with Gasteiger partial charge in [-0.1, -0.05) is 57.1 Å². The van der Waals surface area contributed by atoms with Crippen LogP contribution in [0.25, 0.3) is 10.9 Å². The Bertz CT molecular complexity index is 2320. The summed E-state index contributed by atoms with van der Waals surface area (Å²) in [6.07, 6.45) is -2.20. The van der Waals surface area contributed by atoms with Crippen LogP contribution >= 0.6 is 11.6 Å². The van der Waals surface area contributed by atoms with Crippen molar-refractivity contribution in [3.8, 4) is 17.9 Å². The van der Waals surface area contributed by atoms with E-state index in [1.807, 2.05) is 4.72 Å². The van der Waals surface area contributed by atoms with E-state index in [0.29, 0.717) is 36.1 Å². The number of sulfonamides is 1. The number of aromatic nitrogens is 2. The van der Waals surface area contributed by atoms with Crippen LogP contribution in [0.5, 0.6) is 6.01 Å². The van der Waals surface area contributed by atoms with Crippen LogP contribution in [-0.2, 0) is 35.7 Å². The molecule has 2 bridgehead atoms. The summed E-state index contributed by atoms with van der Waals surface area (Å²) >= 11 is 6.27. The number of alkyl carbamates (subject to hydrolysis) is 1. The van der Waals surface area contributed by atoms with E-state index >= 15 is 0 Å². The average Bonchev–Trinajstić information content (AvgIpc) is 4.06. The maximum Gasteiger partial charge on any atom is 0.408 e. The van der Waals surface area contributed by atoms with Crippen molar-refractivity contribution in [2.75, 3.05) is 6.54 Å². The van der Waals surface area contributed by atoms with Gasteiger partial charge in [0.1, 0.15) is 29.8 Å². The van der Waals surface area contributed by atoms with Crippen LogP contribution in [0.4, 0.5) is 13.6 Å². The fourth-order valence-corrected chi connectivity index (χ4v) is 10.6. The molecule has 3 heterocycles. The molecule has 0 radical (unpaired) electrons. The zero-order valence-corrected chi connectivity index (χ0v) is 34.4. The first-order valence-corrected chi connectivity index (χ1v) is 22.1. The molecule has 9 atom stereocenters. The van der Waals surface area contributed by atoms with Crippen LogP contribution in [-0.4, -0.2) is 94.7 Å². The topological polar surface area (TPSA) is 195 Å². The minimum Gasteiger partial charge on any atom is -0.459 e. The number of amides is 4. The molecule has 1 aromatic carbocycles. The van der Waals surface area contributed by atoms with Gasteiger partial charge in [-0.2, -0.15) is 4.98 Å². The number of fused-ring (bicyclic) bond motifs is 7. The molecule has 8 rings (SSSR count). The number of carbonyl (C=O) groups excluding carboxylic acids is 4. The smallest absolute Gasteiger partial charge is 0.408 e. The number of nitrogens with one attached hydrogen (secondary N) is 3. The zero-order valence-electron chi connectivity index (χ0n) is 32.8. The van der Waals surface area contributed by atoms with Gasteiger partial charge in [-0.15, -0.1) is 0 Å². The Labute approximate surface area is 344 Å². The minimum absolute atomic E-state index is 0.0286. The molecule has 6 aliphatic rings. The lowest BCUT2D eigenvalue weighted by molar-refractivity contribution is -0.143. The lowest BCUT2D eigenvalue weighted by Crippen LogP contribution is -2.60. The standard InChI is InChI=1S/C40H47ClF2N6O9S/c1-39(2,3)31-35(52)49-19-22(17-29(49)33(50)46-40(18-27(40)32(42)43)36(53)47-59(55,56)23-10-11-23)57-37-44-28-16-21(41)9-13-26(28)34(51)48(37)14-6-4-5-7-25-24-12-8-20(24)15-30(25)58-38(54)45-31/h9,13,16,20,22-25,27,29-32H,4-7,10-11,14-15,17-19H2,1-3H3,(H,45,54)(H,46,50)(H,47,53)/t20-,22+,24-,25+,27-,29-,30+,31+,40+/m0/s1. The molecule has 4 fully saturated rings. The van der Waals surface area contributed by atoms with Crippen molar-refractivity contribution in [3.63, 3.8) is 0 Å². The Morgan fingerprint density at radius 2 is 1.83 bits per heavy atom. The fraction of sp³-hybridized carbons (Fsp3) is 0.650. The monoisotopic (exact) mass is 860 g/mol. The summed E-state index contributed by atoms with van der Waals surface area (Å²) in [7, 11) is -4.17. The maximum atomic E-state index is 14.8. The number of halogens is 3. The summed E-state index contributed by atoms with van der Waals surface area (Å²) in [6, 6.07) is 1.87. The Morgan fingerprint density at radius 3 is 2.49 bits per heavy atom. The van der Waals surface area contributed by atoms with Gasteiger partial charge in [0.05, 0.1) is 28.6 Å². The molecule has 4 amide bonds. The van der Waals surface area contributed by atoms with Crippen molar-refractivity contribution < 1.29 is 45.9 Å². The van der Waals surface area contributed by atoms with Crippen LogP contribution in [0.2, 0.25) is 5.02 Å². The highest BCUT2D eigenvalue weighted by molar-refractivity contribution is 7.91. The Kier molecular flexibility index (Phi) is 10.6. The van der Waals surface area contributed by atoms with E-state index in [9.17, 15) is 41.2 Å². The van der Waals surface area contributed by atoms with Crippen LogP contribution in [0.3, 0.4) is 0 Å². The van der Waals surface area contributed by atoms with Crippen molar-refractivity contribution >= 4 is 56.3 Å².